The summed E-state index contributed by atoms with van der Waals surface area (Å²) in [5.74, 6) is 1.10. The van der Waals surface area contributed by atoms with Gasteiger partial charge in [0.05, 0.1) is 6.61 Å². The van der Waals surface area contributed by atoms with Crippen molar-refractivity contribution in [3.05, 3.63) is 29.3 Å². The summed E-state index contributed by atoms with van der Waals surface area (Å²) in [6, 6.07) is 5.85. The van der Waals surface area contributed by atoms with Gasteiger partial charge in [0.2, 0.25) is 0 Å². The number of amidine groups is 1. The first-order chi connectivity index (χ1) is 8.21. The average molecular weight is 231 g/mol. The summed E-state index contributed by atoms with van der Waals surface area (Å²) in [5.41, 5.74) is 7.74. The Labute approximate surface area is 101 Å². The molecule has 1 aromatic rings. The van der Waals surface area contributed by atoms with Crippen molar-refractivity contribution >= 4 is 5.84 Å². The molecule has 1 spiro atoms. The molecule has 0 aromatic heterocycles. The zero-order valence-electron chi connectivity index (χ0n) is 9.75. The number of nitrogen functional groups attached to an aromatic ring is 1. The average Bonchev–Trinajstić information content (AvgIpc) is 2.69. The van der Waals surface area contributed by atoms with Crippen molar-refractivity contribution in [2.24, 2.45) is 5.73 Å². The van der Waals surface area contributed by atoms with Crippen LogP contribution in [0.5, 0.6) is 5.75 Å². The van der Waals surface area contributed by atoms with Crippen molar-refractivity contribution < 1.29 is 4.74 Å². The fourth-order valence-electron chi connectivity index (χ4n) is 2.85. The van der Waals surface area contributed by atoms with E-state index in [1.165, 1.54) is 5.56 Å². The third kappa shape index (κ3) is 1.60. The summed E-state index contributed by atoms with van der Waals surface area (Å²) in [6.45, 7) is 2.84. The van der Waals surface area contributed by atoms with Crippen LogP contribution in [-0.2, 0) is 5.41 Å². The number of hydrogen-bond acceptors (Lipinski definition) is 3. The zero-order valence-corrected chi connectivity index (χ0v) is 9.75. The van der Waals surface area contributed by atoms with Crippen molar-refractivity contribution in [2.75, 3.05) is 19.7 Å². The molecule has 90 valence electrons. The molecule has 0 bridgehead atoms. The molecule has 0 atom stereocenters. The molecule has 1 fully saturated rings. The number of piperidine rings is 1. The van der Waals surface area contributed by atoms with E-state index < -0.39 is 0 Å². The fraction of sp³-hybridized carbons (Fsp3) is 0.462. The molecule has 4 nitrogen and oxygen atoms in total. The van der Waals surface area contributed by atoms with Crippen molar-refractivity contribution in [2.45, 2.75) is 18.3 Å². The molecule has 0 aliphatic carbocycles. The second-order valence-electron chi connectivity index (χ2n) is 4.94. The Kier molecular flexibility index (Phi) is 2.33. The van der Waals surface area contributed by atoms with Crippen LogP contribution in [-0.4, -0.2) is 25.5 Å². The van der Waals surface area contributed by atoms with E-state index in [4.69, 9.17) is 15.9 Å². The van der Waals surface area contributed by atoms with Gasteiger partial charge in [-0.25, -0.2) is 0 Å². The standard InChI is InChI=1S/C13H17N3O/c14-12(15)9-1-2-11-10(7-9)13(8-17-11)3-5-16-6-4-13/h1-2,7,16H,3-6,8H2,(H3,14,15). The van der Waals surface area contributed by atoms with Gasteiger partial charge < -0.3 is 15.8 Å². The highest BCUT2D eigenvalue weighted by Crippen LogP contribution is 2.44. The Bertz CT molecular complexity index is 458. The molecule has 0 amide bonds. The van der Waals surface area contributed by atoms with Crippen LogP contribution in [0.3, 0.4) is 0 Å². The first-order valence-corrected chi connectivity index (χ1v) is 6.04. The van der Waals surface area contributed by atoms with Crippen molar-refractivity contribution in [3.63, 3.8) is 0 Å². The lowest BCUT2D eigenvalue weighted by molar-refractivity contribution is 0.220. The first kappa shape index (κ1) is 10.6. The van der Waals surface area contributed by atoms with Gasteiger partial charge in [-0.05, 0) is 44.1 Å². The lowest BCUT2D eigenvalue weighted by Crippen LogP contribution is -2.41. The molecule has 0 saturated carbocycles. The Morgan fingerprint density at radius 1 is 1.35 bits per heavy atom. The summed E-state index contributed by atoms with van der Waals surface area (Å²) in [7, 11) is 0. The Hall–Kier alpha value is -1.55. The van der Waals surface area contributed by atoms with Crippen LogP contribution in [0.4, 0.5) is 0 Å². The van der Waals surface area contributed by atoms with E-state index in [9.17, 15) is 0 Å². The van der Waals surface area contributed by atoms with Gasteiger partial charge in [0.15, 0.2) is 0 Å². The van der Waals surface area contributed by atoms with Crippen LogP contribution in [0, 0.1) is 5.41 Å². The van der Waals surface area contributed by atoms with Gasteiger partial charge in [-0.15, -0.1) is 0 Å². The third-order valence-electron chi connectivity index (χ3n) is 3.93. The highest BCUT2D eigenvalue weighted by Gasteiger charge is 2.41. The van der Waals surface area contributed by atoms with E-state index in [2.05, 4.69) is 5.32 Å². The number of hydrogen-bond donors (Lipinski definition) is 3. The largest absolute Gasteiger partial charge is 0.492 e. The van der Waals surface area contributed by atoms with Crippen molar-refractivity contribution in [1.82, 2.24) is 5.32 Å². The van der Waals surface area contributed by atoms with Gasteiger partial charge in [0.25, 0.3) is 0 Å². The SMILES string of the molecule is N=C(N)c1ccc2c(c1)C1(CCNCC1)CO2. The maximum absolute atomic E-state index is 7.53. The van der Waals surface area contributed by atoms with Gasteiger partial charge >= 0.3 is 0 Å². The van der Waals surface area contributed by atoms with Gasteiger partial charge in [-0.1, -0.05) is 0 Å². The molecule has 0 radical (unpaired) electrons. The Balaban J connectivity index is 2.04. The number of benzene rings is 1. The summed E-state index contributed by atoms with van der Waals surface area (Å²) in [6.07, 6.45) is 2.20. The normalized spacial score (nSPS) is 20.9. The molecule has 0 unspecified atom stereocenters. The number of fused-ring (bicyclic) bond motifs is 2. The molecule has 1 aromatic carbocycles. The molecule has 2 aliphatic rings. The number of nitrogens with two attached hydrogens (primary N) is 1. The van der Waals surface area contributed by atoms with Crippen molar-refractivity contribution in [1.29, 1.82) is 5.41 Å². The topological polar surface area (TPSA) is 71.1 Å². The monoisotopic (exact) mass is 231 g/mol. The predicted molar refractivity (Wildman–Crippen MR) is 66.7 cm³/mol. The summed E-state index contributed by atoms with van der Waals surface area (Å²) < 4.78 is 5.79. The maximum atomic E-state index is 7.53. The zero-order chi connectivity index (χ0) is 11.9. The van der Waals surface area contributed by atoms with E-state index in [0.29, 0.717) is 0 Å². The third-order valence-corrected chi connectivity index (χ3v) is 3.93. The Morgan fingerprint density at radius 3 is 2.82 bits per heavy atom. The predicted octanol–water partition coefficient (Wildman–Crippen LogP) is 0.984. The lowest BCUT2D eigenvalue weighted by Gasteiger charge is -2.32. The van der Waals surface area contributed by atoms with Gasteiger partial charge in [0, 0.05) is 16.5 Å². The summed E-state index contributed by atoms with van der Waals surface area (Å²) >= 11 is 0. The van der Waals surface area contributed by atoms with E-state index in [1.54, 1.807) is 0 Å². The molecule has 4 heteroatoms. The molecule has 2 aliphatic heterocycles. The van der Waals surface area contributed by atoms with Crippen LogP contribution in [0.25, 0.3) is 0 Å². The van der Waals surface area contributed by atoms with Crippen LogP contribution in [0.2, 0.25) is 0 Å². The molecular weight excluding hydrogens is 214 g/mol. The first-order valence-electron chi connectivity index (χ1n) is 6.04. The van der Waals surface area contributed by atoms with E-state index in [1.807, 2.05) is 18.2 Å². The second-order valence-corrected chi connectivity index (χ2v) is 4.94. The van der Waals surface area contributed by atoms with Gasteiger partial charge in [-0.2, -0.15) is 0 Å². The quantitative estimate of drug-likeness (QED) is 0.498. The minimum Gasteiger partial charge on any atom is -0.492 e. The summed E-state index contributed by atoms with van der Waals surface area (Å²) in [4.78, 5) is 0. The molecule has 1 saturated heterocycles. The van der Waals surface area contributed by atoms with Crippen LogP contribution in [0.1, 0.15) is 24.0 Å². The van der Waals surface area contributed by atoms with E-state index >= 15 is 0 Å². The minimum absolute atomic E-state index is 0.129. The maximum Gasteiger partial charge on any atom is 0.123 e. The van der Waals surface area contributed by atoms with Crippen LogP contribution in [0.15, 0.2) is 18.2 Å². The number of nitrogens with one attached hydrogen (secondary N) is 2. The fourth-order valence-corrected chi connectivity index (χ4v) is 2.85. The molecule has 4 N–H and O–H groups in total. The smallest absolute Gasteiger partial charge is 0.123 e. The van der Waals surface area contributed by atoms with Crippen LogP contribution < -0.4 is 15.8 Å². The van der Waals surface area contributed by atoms with E-state index in [-0.39, 0.29) is 11.3 Å². The van der Waals surface area contributed by atoms with E-state index in [0.717, 1.165) is 43.9 Å². The number of rotatable bonds is 1. The Morgan fingerprint density at radius 2 is 2.12 bits per heavy atom. The highest BCUT2D eigenvalue weighted by atomic mass is 16.5. The molecule has 2 heterocycles. The second kappa shape index (κ2) is 3.74. The molecule has 3 rings (SSSR count). The minimum atomic E-state index is 0.129. The lowest BCUT2D eigenvalue weighted by atomic mass is 9.74. The highest BCUT2D eigenvalue weighted by molar-refractivity contribution is 5.95. The molecule has 17 heavy (non-hydrogen) atoms. The van der Waals surface area contributed by atoms with Crippen LogP contribution >= 0.6 is 0 Å². The number of ether oxygens (including phenoxy) is 1. The summed E-state index contributed by atoms with van der Waals surface area (Å²) in [5, 5.41) is 10.9. The van der Waals surface area contributed by atoms with Gasteiger partial charge in [0.1, 0.15) is 11.6 Å². The van der Waals surface area contributed by atoms with Gasteiger partial charge in [-0.3, -0.25) is 5.41 Å². The van der Waals surface area contributed by atoms with Crippen molar-refractivity contribution in [3.8, 4) is 5.75 Å². The molecular formula is C13H17N3O.